The summed E-state index contributed by atoms with van der Waals surface area (Å²) in [5, 5.41) is 1.000. The van der Waals surface area contributed by atoms with Gasteiger partial charge in [-0.05, 0) is 43.3 Å². The monoisotopic (exact) mass is 351 g/mol. The SMILES string of the molecule is Cc1ccc2[nH]cc(C(=O)CN3CCN(c4ccc(F)cc4)CC3)c2c1. The van der Waals surface area contributed by atoms with Crippen molar-refractivity contribution < 1.29 is 9.18 Å². The topological polar surface area (TPSA) is 39.3 Å². The van der Waals surface area contributed by atoms with Gasteiger partial charge in [0, 0.05) is 54.5 Å². The van der Waals surface area contributed by atoms with E-state index < -0.39 is 0 Å². The number of H-pyrrole nitrogens is 1. The van der Waals surface area contributed by atoms with E-state index in [9.17, 15) is 9.18 Å². The number of nitrogens with zero attached hydrogens (tertiary/aromatic N) is 2. The standard InChI is InChI=1S/C21H22FN3O/c1-15-2-7-20-18(12-15)19(13-23-20)21(26)14-24-8-10-25(11-9-24)17-5-3-16(22)4-6-17/h2-7,12-13,23H,8-11,14H2,1H3. The number of Topliss-reactive ketones (excluding diaryl/α,β-unsaturated/α-hetero) is 1. The first-order valence-corrected chi connectivity index (χ1v) is 8.94. The number of carbonyl (C=O) groups excluding carboxylic acids is 1. The molecule has 2 heterocycles. The number of hydrogen-bond acceptors (Lipinski definition) is 3. The molecule has 0 bridgehead atoms. The number of ketones is 1. The first kappa shape index (κ1) is 16.8. The molecule has 134 valence electrons. The maximum Gasteiger partial charge on any atom is 0.178 e. The quantitative estimate of drug-likeness (QED) is 0.730. The number of benzene rings is 2. The highest BCUT2D eigenvalue weighted by Gasteiger charge is 2.21. The molecule has 26 heavy (non-hydrogen) atoms. The Bertz CT molecular complexity index is 924. The summed E-state index contributed by atoms with van der Waals surface area (Å²) in [5.41, 5.74) is 3.95. The summed E-state index contributed by atoms with van der Waals surface area (Å²) in [6.45, 7) is 5.79. The molecule has 0 radical (unpaired) electrons. The molecule has 1 aromatic heterocycles. The van der Waals surface area contributed by atoms with Gasteiger partial charge in [-0.2, -0.15) is 0 Å². The number of anilines is 1. The molecule has 4 nitrogen and oxygen atoms in total. The Morgan fingerprint density at radius 1 is 1.08 bits per heavy atom. The van der Waals surface area contributed by atoms with Crippen molar-refractivity contribution in [3.05, 3.63) is 65.6 Å². The average Bonchev–Trinajstić information content (AvgIpc) is 3.06. The van der Waals surface area contributed by atoms with Crippen molar-refractivity contribution in [2.24, 2.45) is 0 Å². The second-order valence-electron chi connectivity index (χ2n) is 6.91. The smallest absolute Gasteiger partial charge is 0.178 e. The van der Waals surface area contributed by atoms with Gasteiger partial charge >= 0.3 is 0 Å². The Morgan fingerprint density at radius 2 is 1.81 bits per heavy atom. The Labute approximate surface area is 152 Å². The maximum absolute atomic E-state index is 13.1. The molecule has 5 heteroatoms. The number of nitrogens with one attached hydrogen (secondary N) is 1. The van der Waals surface area contributed by atoms with Gasteiger partial charge in [-0.1, -0.05) is 11.6 Å². The molecule has 0 aliphatic carbocycles. The lowest BCUT2D eigenvalue weighted by Gasteiger charge is -2.35. The largest absolute Gasteiger partial charge is 0.369 e. The molecule has 1 aliphatic heterocycles. The molecule has 1 N–H and O–H groups in total. The number of aromatic amines is 1. The summed E-state index contributed by atoms with van der Waals surface area (Å²) in [6, 6.07) is 12.7. The fourth-order valence-corrected chi connectivity index (χ4v) is 3.57. The number of fused-ring (bicyclic) bond motifs is 1. The van der Waals surface area contributed by atoms with Crippen LogP contribution in [0.2, 0.25) is 0 Å². The second kappa shape index (κ2) is 6.92. The molecule has 0 amide bonds. The number of carbonyl (C=O) groups is 1. The van der Waals surface area contributed by atoms with Crippen LogP contribution >= 0.6 is 0 Å². The predicted molar refractivity (Wildman–Crippen MR) is 102 cm³/mol. The highest BCUT2D eigenvalue weighted by Crippen LogP contribution is 2.21. The summed E-state index contributed by atoms with van der Waals surface area (Å²) >= 11 is 0. The zero-order chi connectivity index (χ0) is 18.1. The van der Waals surface area contributed by atoms with Gasteiger partial charge in [0.1, 0.15) is 5.82 Å². The van der Waals surface area contributed by atoms with Crippen LogP contribution in [0.4, 0.5) is 10.1 Å². The molecule has 0 saturated carbocycles. The third-order valence-corrected chi connectivity index (χ3v) is 5.07. The van der Waals surface area contributed by atoms with E-state index in [1.807, 2.05) is 37.4 Å². The van der Waals surface area contributed by atoms with Gasteiger partial charge in [0.15, 0.2) is 5.78 Å². The van der Waals surface area contributed by atoms with Crippen LogP contribution in [0.3, 0.4) is 0 Å². The predicted octanol–water partition coefficient (Wildman–Crippen LogP) is 3.62. The Morgan fingerprint density at radius 3 is 2.54 bits per heavy atom. The third-order valence-electron chi connectivity index (χ3n) is 5.07. The molecule has 1 aliphatic rings. The van der Waals surface area contributed by atoms with Crippen LogP contribution in [-0.4, -0.2) is 48.4 Å². The summed E-state index contributed by atoms with van der Waals surface area (Å²) in [5.74, 6) is -0.0657. The molecule has 1 fully saturated rings. The maximum atomic E-state index is 13.1. The van der Waals surface area contributed by atoms with Crippen molar-refractivity contribution in [3.8, 4) is 0 Å². The van der Waals surface area contributed by atoms with Gasteiger partial charge in [0.2, 0.25) is 0 Å². The fourth-order valence-electron chi connectivity index (χ4n) is 3.57. The van der Waals surface area contributed by atoms with Gasteiger partial charge in [0.05, 0.1) is 6.54 Å². The molecular formula is C21H22FN3O. The van der Waals surface area contributed by atoms with E-state index in [2.05, 4.69) is 20.9 Å². The minimum absolute atomic E-state index is 0.150. The van der Waals surface area contributed by atoms with Crippen molar-refractivity contribution in [2.45, 2.75) is 6.92 Å². The van der Waals surface area contributed by atoms with Crippen LogP contribution in [0.25, 0.3) is 10.9 Å². The summed E-state index contributed by atoms with van der Waals surface area (Å²) < 4.78 is 13.1. The number of piperazine rings is 1. The number of aryl methyl sites for hydroxylation is 1. The first-order valence-electron chi connectivity index (χ1n) is 8.94. The van der Waals surface area contributed by atoms with E-state index in [1.54, 1.807) is 0 Å². The van der Waals surface area contributed by atoms with Crippen LogP contribution in [0.15, 0.2) is 48.7 Å². The Kier molecular flexibility index (Phi) is 4.47. The van der Waals surface area contributed by atoms with Crippen molar-refractivity contribution in [1.82, 2.24) is 9.88 Å². The zero-order valence-corrected chi connectivity index (χ0v) is 14.8. The third kappa shape index (κ3) is 3.35. The van der Waals surface area contributed by atoms with Crippen molar-refractivity contribution in [2.75, 3.05) is 37.6 Å². The van der Waals surface area contributed by atoms with E-state index in [-0.39, 0.29) is 11.6 Å². The van der Waals surface area contributed by atoms with Gasteiger partial charge < -0.3 is 9.88 Å². The molecule has 3 aromatic rings. The molecule has 2 aromatic carbocycles. The average molecular weight is 351 g/mol. The fraction of sp³-hybridized carbons (Fsp3) is 0.286. The lowest BCUT2D eigenvalue weighted by atomic mass is 10.1. The van der Waals surface area contributed by atoms with Crippen LogP contribution < -0.4 is 4.90 Å². The minimum atomic E-state index is -0.216. The second-order valence-corrected chi connectivity index (χ2v) is 6.91. The van der Waals surface area contributed by atoms with Crippen LogP contribution in [-0.2, 0) is 0 Å². The van der Waals surface area contributed by atoms with Crippen LogP contribution in [0.1, 0.15) is 15.9 Å². The van der Waals surface area contributed by atoms with Gasteiger partial charge in [-0.25, -0.2) is 4.39 Å². The molecule has 0 spiro atoms. The molecular weight excluding hydrogens is 329 g/mol. The van der Waals surface area contributed by atoms with E-state index in [0.717, 1.165) is 53.9 Å². The lowest BCUT2D eigenvalue weighted by molar-refractivity contribution is 0.0928. The molecule has 4 rings (SSSR count). The highest BCUT2D eigenvalue weighted by atomic mass is 19.1. The van der Waals surface area contributed by atoms with Crippen LogP contribution in [0.5, 0.6) is 0 Å². The number of halogens is 1. The van der Waals surface area contributed by atoms with Crippen LogP contribution in [0, 0.1) is 12.7 Å². The van der Waals surface area contributed by atoms with Gasteiger partial charge in [0.25, 0.3) is 0 Å². The number of aromatic nitrogens is 1. The zero-order valence-electron chi connectivity index (χ0n) is 14.8. The lowest BCUT2D eigenvalue weighted by Crippen LogP contribution is -2.48. The highest BCUT2D eigenvalue weighted by molar-refractivity contribution is 6.08. The Hall–Kier alpha value is -2.66. The van der Waals surface area contributed by atoms with Crippen molar-refractivity contribution in [1.29, 1.82) is 0 Å². The van der Waals surface area contributed by atoms with E-state index in [1.165, 1.54) is 12.1 Å². The molecule has 0 unspecified atom stereocenters. The van der Waals surface area contributed by atoms with E-state index in [4.69, 9.17) is 0 Å². The normalized spacial score (nSPS) is 15.5. The van der Waals surface area contributed by atoms with Gasteiger partial charge in [-0.3, -0.25) is 9.69 Å². The van der Waals surface area contributed by atoms with E-state index in [0.29, 0.717) is 6.54 Å². The number of rotatable bonds is 4. The van der Waals surface area contributed by atoms with Crippen molar-refractivity contribution >= 4 is 22.4 Å². The van der Waals surface area contributed by atoms with E-state index >= 15 is 0 Å². The summed E-state index contributed by atoms with van der Waals surface area (Å²) in [4.78, 5) is 20.4. The minimum Gasteiger partial charge on any atom is -0.369 e. The Balaban J connectivity index is 1.40. The summed E-state index contributed by atoms with van der Waals surface area (Å²) in [7, 11) is 0. The summed E-state index contributed by atoms with van der Waals surface area (Å²) in [6.07, 6.45) is 1.82. The molecule has 0 atom stereocenters. The number of hydrogen-bond donors (Lipinski definition) is 1. The van der Waals surface area contributed by atoms with Crippen molar-refractivity contribution in [3.63, 3.8) is 0 Å². The molecule has 1 saturated heterocycles. The van der Waals surface area contributed by atoms with Gasteiger partial charge in [-0.15, -0.1) is 0 Å². The first-order chi connectivity index (χ1) is 12.6.